The van der Waals surface area contributed by atoms with E-state index in [4.69, 9.17) is 14.7 Å². The molecule has 4 heterocycles. The maximum Gasteiger partial charge on any atom is 0.201 e. The lowest BCUT2D eigenvalue weighted by molar-refractivity contribution is 0.307. The molecule has 1 N–H and O–H groups in total. The zero-order valence-corrected chi connectivity index (χ0v) is 21.3. The van der Waals surface area contributed by atoms with Gasteiger partial charge >= 0.3 is 0 Å². The average molecular weight is 490 g/mol. The van der Waals surface area contributed by atoms with Crippen molar-refractivity contribution in [1.82, 2.24) is 35.2 Å². The van der Waals surface area contributed by atoms with Crippen molar-refractivity contribution in [2.45, 2.75) is 53.1 Å². The molecule has 184 valence electrons. The number of pyridine rings is 1. The molecule has 1 fully saturated rings. The van der Waals surface area contributed by atoms with Gasteiger partial charge in [0.15, 0.2) is 5.65 Å². The van der Waals surface area contributed by atoms with E-state index in [1.54, 1.807) is 0 Å². The van der Waals surface area contributed by atoms with Crippen molar-refractivity contribution in [2.24, 2.45) is 0 Å². The summed E-state index contributed by atoms with van der Waals surface area (Å²) in [5, 5.41) is 14.9. The first-order valence-corrected chi connectivity index (χ1v) is 12.7. The summed E-state index contributed by atoms with van der Waals surface area (Å²) in [7, 11) is 0. The Morgan fingerprint density at radius 1 is 1.03 bits per heavy atom. The molecule has 0 saturated heterocycles. The van der Waals surface area contributed by atoms with Crippen LogP contribution in [-0.2, 0) is 6.61 Å². The van der Waals surface area contributed by atoms with Crippen molar-refractivity contribution in [3.05, 3.63) is 87.6 Å². The van der Waals surface area contributed by atoms with Crippen LogP contribution in [0.2, 0.25) is 0 Å². The molecule has 1 aliphatic heterocycles. The van der Waals surface area contributed by atoms with E-state index in [1.165, 1.54) is 0 Å². The summed E-state index contributed by atoms with van der Waals surface area (Å²) >= 11 is 0. The first kappa shape index (κ1) is 21.9. The van der Waals surface area contributed by atoms with Gasteiger partial charge in [-0.1, -0.05) is 24.3 Å². The number of nitrogens with zero attached hydrogens (tertiary/aromatic N) is 6. The number of H-pyrrole nitrogens is 1. The quantitative estimate of drug-likeness (QED) is 0.354. The minimum absolute atomic E-state index is 0.467. The van der Waals surface area contributed by atoms with E-state index >= 15 is 0 Å². The van der Waals surface area contributed by atoms with Gasteiger partial charge in [-0.15, -0.1) is 10.2 Å². The fourth-order valence-electron chi connectivity index (χ4n) is 5.55. The number of aromatic nitrogens is 7. The number of tetrazole rings is 1. The molecule has 8 heteroatoms. The molecule has 1 saturated carbocycles. The standard InChI is InChI=1S/C29H27N7O/c1-15-12-21(36-28(19-9-10-19)31-26-16(2)11-17(3)30-29(26)36)13-23-24(15)25(18(4)27-32-34-35-33-27)22-8-6-5-7-20(22)14-37-23/h5-8,11-13,19H,9-10,14H2,1-4H3,(H,32,33,34,35)/b25-18+. The van der Waals surface area contributed by atoms with Gasteiger partial charge in [0.05, 0.1) is 5.69 Å². The second-order valence-corrected chi connectivity index (χ2v) is 10.1. The molecule has 0 bridgehead atoms. The number of nitrogens with one attached hydrogen (secondary N) is 1. The predicted octanol–water partition coefficient (Wildman–Crippen LogP) is 5.61. The van der Waals surface area contributed by atoms with Crippen molar-refractivity contribution < 1.29 is 4.74 Å². The lowest BCUT2D eigenvalue weighted by atomic mass is 9.88. The van der Waals surface area contributed by atoms with Gasteiger partial charge in [-0.25, -0.2) is 9.97 Å². The van der Waals surface area contributed by atoms with Crippen molar-refractivity contribution in [1.29, 1.82) is 0 Å². The topological polar surface area (TPSA) is 94.4 Å². The minimum Gasteiger partial charge on any atom is -0.488 e. The first-order valence-electron chi connectivity index (χ1n) is 12.7. The molecule has 5 aromatic rings. The number of hydrogen-bond acceptors (Lipinski definition) is 6. The third-order valence-electron chi connectivity index (χ3n) is 7.42. The Bertz CT molecular complexity index is 1730. The smallest absolute Gasteiger partial charge is 0.201 e. The number of fused-ring (bicyclic) bond motifs is 3. The van der Waals surface area contributed by atoms with Crippen molar-refractivity contribution in [3.8, 4) is 11.4 Å². The molecule has 3 aromatic heterocycles. The largest absolute Gasteiger partial charge is 0.488 e. The van der Waals surface area contributed by atoms with Crippen molar-refractivity contribution >= 4 is 22.3 Å². The van der Waals surface area contributed by atoms with Gasteiger partial charge < -0.3 is 4.74 Å². The van der Waals surface area contributed by atoms with Gasteiger partial charge in [-0.05, 0) is 80.1 Å². The predicted molar refractivity (Wildman–Crippen MR) is 142 cm³/mol. The number of aryl methyl sites for hydroxylation is 3. The molecule has 0 spiro atoms. The highest BCUT2D eigenvalue weighted by Crippen LogP contribution is 2.45. The summed E-state index contributed by atoms with van der Waals surface area (Å²) in [6.45, 7) is 8.82. The second kappa shape index (κ2) is 8.09. The Hall–Kier alpha value is -4.33. The van der Waals surface area contributed by atoms with Gasteiger partial charge in [0.2, 0.25) is 5.82 Å². The van der Waals surface area contributed by atoms with E-state index in [1.807, 2.05) is 19.9 Å². The van der Waals surface area contributed by atoms with Crippen LogP contribution in [0.4, 0.5) is 0 Å². The van der Waals surface area contributed by atoms with Crippen LogP contribution in [0.15, 0.2) is 42.5 Å². The molecule has 0 atom stereocenters. The Morgan fingerprint density at radius 3 is 2.65 bits per heavy atom. The SMILES string of the molecule is C/C(=C1/c2ccccc2COc2cc(-n3c(C4CC4)nc4c(C)cc(C)nc43)cc(C)c21)c1nn[nH]n1. The molecule has 2 aromatic carbocycles. The van der Waals surface area contributed by atoms with Crippen molar-refractivity contribution in [3.63, 3.8) is 0 Å². The van der Waals surface area contributed by atoms with E-state index in [0.29, 0.717) is 18.3 Å². The number of ether oxygens (including phenoxy) is 1. The Labute approximate surface area is 214 Å². The van der Waals surface area contributed by atoms with Crippen LogP contribution < -0.4 is 4.74 Å². The van der Waals surface area contributed by atoms with Crippen LogP contribution >= 0.6 is 0 Å². The molecule has 0 radical (unpaired) electrons. The summed E-state index contributed by atoms with van der Waals surface area (Å²) < 4.78 is 8.76. The lowest BCUT2D eigenvalue weighted by Gasteiger charge is -2.18. The maximum absolute atomic E-state index is 6.52. The van der Waals surface area contributed by atoms with Crippen molar-refractivity contribution in [2.75, 3.05) is 0 Å². The molecular formula is C29H27N7O. The molecule has 7 rings (SSSR count). The van der Waals surface area contributed by atoms with Crippen LogP contribution in [0.5, 0.6) is 5.75 Å². The highest BCUT2D eigenvalue weighted by molar-refractivity contribution is 6.00. The van der Waals surface area contributed by atoms with E-state index in [9.17, 15) is 0 Å². The zero-order chi connectivity index (χ0) is 25.3. The van der Waals surface area contributed by atoms with E-state index < -0.39 is 0 Å². The number of hydrogen-bond donors (Lipinski definition) is 1. The highest BCUT2D eigenvalue weighted by atomic mass is 16.5. The highest BCUT2D eigenvalue weighted by Gasteiger charge is 2.32. The molecule has 37 heavy (non-hydrogen) atoms. The zero-order valence-electron chi connectivity index (χ0n) is 21.3. The Morgan fingerprint density at radius 2 is 1.86 bits per heavy atom. The first-order chi connectivity index (χ1) is 18.0. The Kier molecular flexibility index (Phi) is 4.79. The summed E-state index contributed by atoms with van der Waals surface area (Å²) in [5.41, 5.74) is 11.5. The molecule has 8 nitrogen and oxygen atoms in total. The van der Waals surface area contributed by atoms with Crippen LogP contribution in [0.25, 0.3) is 28.0 Å². The van der Waals surface area contributed by atoms with E-state index in [0.717, 1.165) is 85.9 Å². The van der Waals surface area contributed by atoms with Gasteiger partial charge in [0.25, 0.3) is 0 Å². The van der Waals surface area contributed by atoms with Gasteiger partial charge in [-0.2, -0.15) is 5.21 Å². The third-order valence-corrected chi connectivity index (χ3v) is 7.42. The molecule has 1 aliphatic carbocycles. The second-order valence-electron chi connectivity index (χ2n) is 10.1. The number of benzene rings is 2. The monoisotopic (exact) mass is 489 g/mol. The number of aromatic amines is 1. The summed E-state index contributed by atoms with van der Waals surface area (Å²) in [4.78, 5) is 10.0. The summed E-state index contributed by atoms with van der Waals surface area (Å²) in [5.74, 6) is 2.96. The van der Waals surface area contributed by atoms with Crippen LogP contribution in [0.1, 0.15) is 70.8 Å². The van der Waals surface area contributed by atoms with E-state index in [2.05, 4.69) is 75.4 Å². The molecule has 0 unspecified atom stereocenters. The van der Waals surface area contributed by atoms with Crippen LogP contribution in [0, 0.1) is 20.8 Å². The molecular weight excluding hydrogens is 462 g/mol. The number of allylic oxidation sites excluding steroid dienone is 1. The normalized spacial score (nSPS) is 16.2. The molecule has 0 amide bonds. The van der Waals surface area contributed by atoms with Crippen LogP contribution in [-0.4, -0.2) is 35.2 Å². The van der Waals surface area contributed by atoms with Gasteiger partial charge in [0, 0.05) is 34.4 Å². The fourth-order valence-corrected chi connectivity index (χ4v) is 5.55. The molecule has 2 aliphatic rings. The maximum atomic E-state index is 6.52. The average Bonchev–Trinajstić information content (AvgIpc) is 3.48. The number of rotatable bonds is 3. The summed E-state index contributed by atoms with van der Waals surface area (Å²) in [6, 6.07) is 14.8. The third kappa shape index (κ3) is 3.47. The van der Waals surface area contributed by atoms with E-state index in [-0.39, 0.29) is 0 Å². The fraction of sp³-hybridized carbons (Fsp3) is 0.276. The Balaban J connectivity index is 1.50. The number of imidazole rings is 1. The van der Waals surface area contributed by atoms with Gasteiger partial charge in [0.1, 0.15) is 23.7 Å². The summed E-state index contributed by atoms with van der Waals surface area (Å²) in [6.07, 6.45) is 2.32. The van der Waals surface area contributed by atoms with Crippen LogP contribution in [0.3, 0.4) is 0 Å². The van der Waals surface area contributed by atoms with Gasteiger partial charge in [-0.3, -0.25) is 4.57 Å². The minimum atomic E-state index is 0.467. The lowest BCUT2D eigenvalue weighted by Crippen LogP contribution is -2.05.